The molecule has 0 radical (unpaired) electrons. The first kappa shape index (κ1) is 10.9. The van der Waals surface area contributed by atoms with Gasteiger partial charge in [0.25, 0.3) is 0 Å². The van der Waals surface area contributed by atoms with Crippen LogP contribution >= 0.6 is 0 Å². The van der Waals surface area contributed by atoms with E-state index in [1.165, 1.54) is 0 Å². The molecule has 0 aromatic carbocycles. The Kier molecular flexibility index (Phi) is 3.06. The molecule has 14 heavy (non-hydrogen) atoms. The first-order chi connectivity index (χ1) is 6.40. The van der Waals surface area contributed by atoms with Crippen molar-refractivity contribution in [3.05, 3.63) is 18.0 Å². The summed E-state index contributed by atoms with van der Waals surface area (Å²) in [6, 6.07) is 1.69. The fraction of sp³-hybridized carbons (Fsp3) is 0.600. The molecule has 0 aliphatic carbocycles. The van der Waals surface area contributed by atoms with E-state index in [2.05, 4.69) is 5.10 Å². The molecule has 0 aliphatic rings. The van der Waals surface area contributed by atoms with E-state index in [-0.39, 0.29) is 18.0 Å². The van der Waals surface area contributed by atoms with E-state index in [0.29, 0.717) is 5.69 Å². The molecule has 0 bridgehead atoms. The molecular weight excluding hydrogens is 180 g/mol. The van der Waals surface area contributed by atoms with Crippen LogP contribution < -0.4 is 0 Å². The van der Waals surface area contributed by atoms with Crippen molar-refractivity contribution in [2.24, 2.45) is 7.05 Å². The van der Waals surface area contributed by atoms with Crippen LogP contribution in [0.15, 0.2) is 12.3 Å². The molecule has 1 aromatic heterocycles. The molecule has 0 unspecified atom stereocenters. The first-order valence-electron chi connectivity index (χ1n) is 4.55. The van der Waals surface area contributed by atoms with Crippen molar-refractivity contribution in [1.29, 1.82) is 0 Å². The molecule has 0 saturated heterocycles. The third-order valence-corrected chi connectivity index (χ3v) is 1.74. The summed E-state index contributed by atoms with van der Waals surface area (Å²) in [5.41, 5.74) is 0.295. The number of ketones is 1. The molecule has 4 heteroatoms. The van der Waals surface area contributed by atoms with Crippen molar-refractivity contribution < 1.29 is 9.53 Å². The Bertz CT molecular complexity index is 323. The lowest BCUT2D eigenvalue weighted by atomic mass is 10.2. The number of hydrogen-bond donors (Lipinski definition) is 0. The van der Waals surface area contributed by atoms with E-state index in [0.717, 1.165) is 0 Å². The third-order valence-electron chi connectivity index (χ3n) is 1.74. The maximum atomic E-state index is 11.6. The first-order valence-corrected chi connectivity index (χ1v) is 4.55. The fourth-order valence-electron chi connectivity index (χ4n) is 1.00. The maximum absolute atomic E-state index is 11.6. The van der Waals surface area contributed by atoms with E-state index >= 15 is 0 Å². The Balaban J connectivity index is 2.56. The molecule has 0 saturated carbocycles. The standard InChI is InChI=1S/C10H16N2O2/c1-10(2,3)14-7-9(13)8-5-6-11-12(8)4/h5-6H,7H2,1-4H3. The molecule has 4 nitrogen and oxygen atoms in total. The Morgan fingerprint density at radius 2 is 2.21 bits per heavy atom. The van der Waals surface area contributed by atoms with Crippen LogP contribution in [-0.4, -0.2) is 27.8 Å². The third kappa shape index (κ3) is 2.96. The summed E-state index contributed by atoms with van der Waals surface area (Å²) >= 11 is 0. The lowest BCUT2D eigenvalue weighted by Crippen LogP contribution is -2.24. The molecule has 0 aliphatic heterocycles. The molecule has 78 valence electrons. The topological polar surface area (TPSA) is 44.1 Å². The second kappa shape index (κ2) is 3.92. The van der Waals surface area contributed by atoms with Crippen LogP contribution in [0.2, 0.25) is 0 Å². The predicted molar refractivity (Wildman–Crippen MR) is 53.2 cm³/mol. The van der Waals surface area contributed by atoms with E-state index in [4.69, 9.17) is 4.74 Å². The number of carbonyl (C=O) groups excluding carboxylic acids is 1. The van der Waals surface area contributed by atoms with Gasteiger partial charge in [-0.25, -0.2) is 0 Å². The van der Waals surface area contributed by atoms with Crippen molar-refractivity contribution in [2.45, 2.75) is 26.4 Å². The monoisotopic (exact) mass is 196 g/mol. The number of rotatable bonds is 3. The van der Waals surface area contributed by atoms with Crippen molar-refractivity contribution in [3.63, 3.8) is 0 Å². The van der Waals surface area contributed by atoms with Gasteiger partial charge in [0.05, 0.1) is 5.60 Å². The maximum Gasteiger partial charge on any atom is 0.206 e. The van der Waals surface area contributed by atoms with Crippen LogP contribution in [0.4, 0.5) is 0 Å². The van der Waals surface area contributed by atoms with Gasteiger partial charge in [0.2, 0.25) is 5.78 Å². The van der Waals surface area contributed by atoms with Gasteiger partial charge in [0.1, 0.15) is 12.3 Å². The zero-order chi connectivity index (χ0) is 10.8. The highest BCUT2D eigenvalue weighted by Gasteiger charge is 2.15. The summed E-state index contributed by atoms with van der Waals surface area (Å²) in [6.07, 6.45) is 1.60. The Labute approximate surface area is 83.9 Å². The average molecular weight is 196 g/mol. The largest absolute Gasteiger partial charge is 0.368 e. The summed E-state index contributed by atoms with van der Waals surface area (Å²) < 4.78 is 6.93. The van der Waals surface area contributed by atoms with E-state index in [1.54, 1.807) is 24.0 Å². The van der Waals surface area contributed by atoms with Gasteiger partial charge in [-0.15, -0.1) is 0 Å². The molecule has 0 N–H and O–H groups in total. The van der Waals surface area contributed by atoms with Gasteiger partial charge in [0.15, 0.2) is 0 Å². The summed E-state index contributed by atoms with van der Waals surface area (Å²) in [7, 11) is 1.74. The number of hydrogen-bond acceptors (Lipinski definition) is 3. The van der Waals surface area contributed by atoms with Gasteiger partial charge >= 0.3 is 0 Å². The van der Waals surface area contributed by atoms with Gasteiger partial charge < -0.3 is 4.74 Å². The number of Topliss-reactive ketones (excluding diaryl/α,β-unsaturated/α-hetero) is 1. The Hall–Kier alpha value is -1.16. The highest BCUT2D eigenvalue weighted by molar-refractivity contribution is 5.95. The van der Waals surface area contributed by atoms with Crippen LogP contribution in [0.1, 0.15) is 31.3 Å². The van der Waals surface area contributed by atoms with Crippen LogP contribution in [-0.2, 0) is 11.8 Å². The SMILES string of the molecule is Cn1nccc1C(=O)COC(C)(C)C. The van der Waals surface area contributed by atoms with Crippen LogP contribution in [0, 0.1) is 0 Å². The van der Waals surface area contributed by atoms with Gasteiger partial charge in [-0.3, -0.25) is 9.48 Å². The van der Waals surface area contributed by atoms with Crippen LogP contribution in [0.3, 0.4) is 0 Å². The zero-order valence-electron chi connectivity index (χ0n) is 9.07. The second-order valence-electron chi connectivity index (χ2n) is 4.16. The molecular formula is C10H16N2O2. The lowest BCUT2D eigenvalue weighted by molar-refractivity contribution is 0.00269. The number of carbonyl (C=O) groups is 1. The minimum Gasteiger partial charge on any atom is -0.368 e. The summed E-state index contributed by atoms with van der Waals surface area (Å²) in [4.78, 5) is 11.6. The molecule has 1 heterocycles. The molecule has 1 aromatic rings. The minimum atomic E-state index is -0.283. The summed E-state index contributed by atoms with van der Waals surface area (Å²) in [5, 5.41) is 3.92. The average Bonchev–Trinajstić information content (AvgIpc) is 2.46. The molecule has 1 rings (SSSR count). The van der Waals surface area contributed by atoms with Gasteiger partial charge in [-0.1, -0.05) is 0 Å². The Morgan fingerprint density at radius 1 is 1.57 bits per heavy atom. The van der Waals surface area contributed by atoms with Crippen molar-refractivity contribution in [1.82, 2.24) is 9.78 Å². The fourth-order valence-corrected chi connectivity index (χ4v) is 1.00. The van der Waals surface area contributed by atoms with Gasteiger partial charge in [-0.2, -0.15) is 5.10 Å². The van der Waals surface area contributed by atoms with Gasteiger partial charge in [0, 0.05) is 13.2 Å². The Morgan fingerprint density at radius 3 is 2.64 bits per heavy atom. The number of aryl methyl sites for hydroxylation is 1. The molecule has 0 spiro atoms. The van der Waals surface area contributed by atoms with Crippen molar-refractivity contribution in [2.75, 3.05) is 6.61 Å². The summed E-state index contributed by atoms with van der Waals surface area (Å²) in [6.45, 7) is 5.86. The van der Waals surface area contributed by atoms with Gasteiger partial charge in [-0.05, 0) is 26.8 Å². The minimum absolute atomic E-state index is 0.0417. The highest BCUT2D eigenvalue weighted by Crippen LogP contribution is 2.08. The molecule has 0 amide bonds. The quantitative estimate of drug-likeness (QED) is 0.687. The number of aromatic nitrogens is 2. The summed E-state index contributed by atoms with van der Waals surface area (Å²) in [5.74, 6) is -0.0417. The zero-order valence-corrected chi connectivity index (χ0v) is 9.07. The molecule has 0 fully saturated rings. The van der Waals surface area contributed by atoms with Crippen LogP contribution in [0.5, 0.6) is 0 Å². The van der Waals surface area contributed by atoms with Crippen LogP contribution in [0.25, 0.3) is 0 Å². The second-order valence-corrected chi connectivity index (χ2v) is 4.16. The normalized spacial score (nSPS) is 11.7. The smallest absolute Gasteiger partial charge is 0.206 e. The highest BCUT2D eigenvalue weighted by atomic mass is 16.5. The molecule has 0 atom stereocenters. The van der Waals surface area contributed by atoms with E-state index < -0.39 is 0 Å². The van der Waals surface area contributed by atoms with E-state index in [9.17, 15) is 4.79 Å². The van der Waals surface area contributed by atoms with Crippen molar-refractivity contribution in [3.8, 4) is 0 Å². The van der Waals surface area contributed by atoms with E-state index in [1.807, 2.05) is 20.8 Å². The number of nitrogens with zero attached hydrogens (tertiary/aromatic N) is 2. The predicted octanol–water partition coefficient (Wildman–Crippen LogP) is 1.42. The van der Waals surface area contributed by atoms with Crippen molar-refractivity contribution >= 4 is 5.78 Å². The number of ether oxygens (including phenoxy) is 1. The lowest BCUT2D eigenvalue weighted by Gasteiger charge is -2.18.